The van der Waals surface area contributed by atoms with Crippen LogP contribution < -0.4 is 15.0 Å². The summed E-state index contributed by atoms with van der Waals surface area (Å²) in [5.74, 6) is -0.0728. The maximum Gasteiger partial charge on any atom is 0.223 e. The zero-order chi connectivity index (χ0) is 18.2. The Labute approximate surface area is 146 Å². The summed E-state index contributed by atoms with van der Waals surface area (Å²) in [5.41, 5.74) is 1.12. The Morgan fingerprint density at radius 2 is 1.80 bits per heavy atom. The fraction of sp³-hybridized carbons (Fsp3) is 0.263. The summed E-state index contributed by atoms with van der Waals surface area (Å²) in [4.78, 5) is 25.4. The van der Waals surface area contributed by atoms with Crippen LogP contribution in [0.3, 0.4) is 0 Å². The maximum atomic E-state index is 13.5. The Balaban J connectivity index is 1.90. The van der Waals surface area contributed by atoms with Gasteiger partial charge >= 0.3 is 0 Å². The molecule has 0 radical (unpaired) electrons. The fourth-order valence-corrected chi connectivity index (χ4v) is 2.37. The van der Waals surface area contributed by atoms with Gasteiger partial charge in [0.05, 0.1) is 7.11 Å². The highest BCUT2D eigenvalue weighted by Gasteiger charge is 2.14. The van der Waals surface area contributed by atoms with Crippen LogP contribution in [-0.2, 0) is 16.1 Å². The second-order valence-corrected chi connectivity index (χ2v) is 5.49. The zero-order valence-corrected chi connectivity index (χ0v) is 14.3. The normalized spacial score (nSPS) is 10.2. The molecule has 0 spiro atoms. The molecule has 0 unspecified atom stereocenters. The average Bonchev–Trinajstić information content (AvgIpc) is 2.61. The van der Waals surface area contributed by atoms with Gasteiger partial charge in [0.2, 0.25) is 11.8 Å². The van der Waals surface area contributed by atoms with Gasteiger partial charge in [-0.05, 0) is 30.3 Å². The van der Waals surface area contributed by atoms with Crippen molar-refractivity contribution in [3.05, 3.63) is 59.9 Å². The van der Waals surface area contributed by atoms with Gasteiger partial charge in [-0.2, -0.15) is 0 Å². The first kappa shape index (κ1) is 18.4. The molecule has 2 aromatic carbocycles. The van der Waals surface area contributed by atoms with Gasteiger partial charge < -0.3 is 15.0 Å². The molecule has 2 aromatic rings. The maximum absolute atomic E-state index is 13.5. The van der Waals surface area contributed by atoms with Crippen molar-refractivity contribution < 1.29 is 18.7 Å². The zero-order valence-electron chi connectivity index (χ0n) is 14.3. The van der Waals surface area contributed by atoms with E-state index in [2.05, 4.69) is 5.32 Å². The summed E-state index contributed by atoms with van der Waals surface area (Å²) in [6.07, 6.45) is 0.125. The smallest absolute Gasteiger partial charge is 0.223 e. The van der Waals surface area contributed by atoms with Crippen LogP contribution in [0.4, 0.5) is 10.1 Å². The van der Waals surface area contributed by atoms with Crippen LogP contribution >= 0.6 is 0 Å². The highest BCUT2D eigenvalue weighted by atomic mass is 19.1. The molecule has 0 saturated carbocycles. The van der Waals surface area contributed by atoms with Gasteiger partial charge in [-0.1, -0.05) is 18.2 Å². The van der Waals surface area contributed by atoms with Crippen LogP contribution in [0.25, 0.3) is 0 Å². The summed E-state index contributed by atoms with van der Waals surface area (Å²) in [6, 6.07) is 13.3. The minimum Gasteiger partial charge on any atom is -0.497 e. The molecule has 1 N–H and O–H groups in total. The first-order chi connectivity index (χ1) is 12.0. The molecular formula is C19H21FN2O3. The van der Waals surface area contributed by atoms with Gasteiger partial charge in [-0.25, -0.2) is 4.39 Å². The van der Waals surface area contributed by atoms with Crippen molar-refractivity contribution in [2.24, 2.45) is 0 Å². The number of nitrogens with one attached hydrogen (secondary N) is 1. The van der Waals surface area contributed by atoms with Gasteiger partial charge in [-0.15, -0.1) is 0 Å². The minimum atomic E-state index is -0.355. The molecule has 0 atom stereocenters. The number of carbonyl (C=O) groups is 2. The Morgan fingerprint density at radius 3 is 2.40 bits per heavy atom. The number of benzene rings is 2. The van der Waals surface area contributed by atoms with Crippen molar-refractivity contribution >= 4 is 17.5 Å². The Hall–Kier alpha value is -2.89. The number of halogens is 1. The van der Waals surface area contributed by atoms with E-state index in [-0.39, 0.29) is 37.1 Å². The summed E-state index contributed by atoms with van der Waals surface area (Å²) in [6.45, 7) is 1.81. The number of hydrogen-bond acceptors (Lipinski definition) is 3. The molecular weight excluding hydrogens is 323 g/mol. The second-order valence-electron chi connectivity index (χ2n) is 5.49. The third-order valence-electron chi connectivity index (χ3n) is 3.76. The van der Waals surface area contributed by atoms with Crippen molar-refractivity contribution in [1.82, 2.24) is 5.32 Å². The number of carbonyl (C=O) groups excluding carboxylic acids is 2. The molecule has 0 bridgehead atoms. The first-order valence-electron chi connectivity index (χ1n) is 7.93. The third-order valence-corrected chi connectivity index (χ3v) is 3.76. The summed E-state index contributed by atoms with van der Waals surface area (Å²) >= 11 is 0. The van der Waals surface area contributed by atoms with Crippen molar-refractivity contribution in [2.75, 3.05) is 18.6 Å². The quantitative estimate of drug-likeness (QED) is 0.840. The van der Waals surface area contributed by atoms with E-state index in [4.69, 9.17) is 4.74 Å². The summed E-state index contributed by atoms with van der Waals surface area (Å²) < 4.78 is 18.6. The molecule has 5 nitrogen and oxygen atoms in total. The van der Waals surface area contributed by atoms with Gasteiger partial charge in [0.1, 0.15) is 11.6 Å². The van der Waals surface area contributed by atoms with Crippen molar-refractivity contribution in [1.29, 1.82) is 0 Å². The summed E-state index contributed by atoms with van der Waals surface area (Å²) in [5, 5.41) is 2.67. The SMILES string of the molecule is COc1ccc(N(CCC(=O)NCc2ccccc2F)C(C)=O)cc1. The number of methoxy groups -OCH3 is 1. The minimum absolute atomic E-state index is 0.119. The molecule has 25 heavy (non-hydrogen) atoms. The van der Waals surface area contributed by atoms with Crippen LogP contribution in [0, 0.1) is 5.82 Å². The summed E-state index contributed by atoms with van der Waals surface area (Å²) in [7, 11) is 1.57. The molecule has 0 aromatic heterocycles. The highest BCUT2D eigenvalue weighted by Crippen LogP contribution is 2.19. The van der Waals surface area contributed by atoms with E-state index in [0.29, 0.717) is 17.0 Å². The van der Waals surface area contributed by atoms with E-state index in [1.165, 1.54) is 17.9 Å². The lowest BCUT2D eigenvalue weighted by Crippen LogP contribution is -2.33. The van der Waals surface area contributed by atoms with Crippen LogP contribution in [0.5, 0.6) is 5.75 Å². The number of amides is 2. The van der Waals surface area contributed by atoms with Crippen LogP contribution in [-0.4, -0.2) is 25.5 Å². The Bertz CT molecular complexity index is 732. The molecule has 132 valence electrons. The van der Waals surface area contributed by atoms with Gasteiger partial charge in [0.15, 0.2) is 0 Å². The predicted octanol–water partition coefficient (Wildman–Crippen LogP) is 2.89. The van der Waals surface area contributed by atoms with E-state index < -0.39 is 0 Å². The average molecular weight is 344 g/mol. The van der Waals surface area contributed by atoms with E-state index in [1.807, 2.05) is 0 Å². The van der Waals surface area contributed by atoms with Crippen LogP contribution in [0.1, 0.15) is 18.9 Å². The highest BCUT2D eigenvalue weighted by molar-refractivity contribution is 5.92. The Kier molecular flexibility index (Phi) is 6.51. The number of nitrogens with zero attached hydrogens (tertiary/aromatic N) is 1. The second kappa shape index (κ2) is 8.82. The molecule has 0 aliphatic heterocycles. The molecule has 0 aliphatic carbocycles. The molecule has 0 saturated heterocycles. The molecule has 6 heteroatoms. The third kappa shape index (κ3) is 5.31. The largest absolute Gasteiger partial charge is 0.497 e. The predicted molar refractivity (Wildman–Crippen MR) is 93.9 cm³/mol. The first-order valence-corrected chi connectivity index (χ1v) is 7.93. The lowest BCUT2D eigenvalue weighted by Gasteiger charge is -2.21. The van der Waals surface area contributed by atoms with Crippen LogP contribution in [0.2, 0.25) is 0 Å². The number of anilines is 1. The van der Waals surface area contributed by atoms with Crippen molar-refractivity contribution in [3.63, 3.8) is 0 Å². The molecule has 0 aliphatic rings. The molecule has 2 rings (SSSR count). The van der Waals surface area contributed by atoms with E-state index >= 15 is 0 Å². The molecule has 0 fully saturated rings. The van der Waals surface area contributed by atoms with Gasteiger partial charge in [0, 0.05) is 37.7 Å². The van der Waals surface area contributed by atoms with E-state index in [0.717, 1.165) is 0 Å². The number of rotatable bonds is 7. The van der Waals surface area contributed by atoms with Gasteiger partial charge in [-0.3, -0.25) is 9.59 Å². The lowest BCUT2D eigenvalue weighted by molar-refractivity contribution is -0.121. The lowest BCUT2D eigenvalue weighted by atomic mass is 10.2. The monoisotopic (exact) mass is 344 g/mol. The number of ether oxygens (including phenoxy) is 1. The fourth-order valence-electron chi connectivity index (χ4n) is 2.37. The standard InChI is InChI=1S/C19H21FN2O3/c1-14(23)22(16-7-9-17(25-2)10-8-16)12-11-19(24)21-13-15-5-3-4-6-18(15)20/h3-10H,11-13H2,1-2H3,(H,21,24). The number of hydrogen-bond donors (Lipinski definition) is 1. The Morgan fingerprint density at radius 1 is 1.12 bits per heavy atom. The van der Waals surface area contributed by atoms with E-state index in [1.54, 1.807) is 49.6 Å². The van der Waals surface area contributed by atoms with Crippen molar-refractivity contribution in [3.8, 4) is 5.75 Å². The van der Waals surface area contributed by atoms with Crippen LogP contribution in [0.15, 0.2) is 48.5 Å². The van der Waals surface area contributed by atoms with Gasteiger partial charge in [0.25, 0.3) is 0 Å². The molecule has 2 amide bonds. The topological polar surface area (TPSA) is 58.6 Å². The van der Waals surface area contributed by atoms with E-state index in [9.17, 15) is 14.0 Å². The van der Waals surface area contributed by atoms with Crippen molar-refractivity contribution in [2.45, 2.75) is 19.9 Å². The molecule has 0 heterocycles.